The monoisotopic (exact) mass is 376 g/mol. The van der Waals surface area contributed by atoms with Crippen LogP contribution in [0.4, 0.5) is 4.79 Å². The molecular weight excluding hydrogens is 360 g/mol. The van der Waals surface area contributed by atoms with Gasteiger partial charge in [0.15, 0.2) is 11.5 Å². The molecule has 0 spiro atoms. The fourth-order valence-corrected chi connectivity index (χ4v) is 3.09. The van der Waals surface area contributed by atoms with Crippen molar-refractivity contribution in [1.82, 2.24) is 0 Å². The molecule has 1 aliphatic heterocycles. The van der Waals surface area contributed by atoms with Crippen LogP contribution in [0.1, 0.15) is 5.56 Å². The van der Waals surface area contributed by atoms with Gasteiger partial charge in [0.2, 0.25) is 0 Å². The lowest BCUT2D eigenvalue weighted by Crippen LogP contribution is -2.21. The Bertz CT molecular complexity index is 1180. The molecule has 0 aliphatic carbocycles. The maximum atomic E-state index is 12.8. The number of hydrogen-bond donors (Lipinski definition) is 0. The number of carbonyl (C=O) groups is 2. The summed E-state index contributed by atoms with van der Waals surface area (Å²) in [4.78, 5) is 36.0. The van der Waals surface area contributed by atoms with Crippen LogP contribution in [0.5, 0.6) is 0 Å². The molecule has 1 heterocycles. The number of cyclic esters (lactones) is 2. The first-order chi connectivity index (χ1) is 13.5. The predicted molar refractivity (Wildman–Crippen MR) is 104 cm³/mol. The lowest BCUT2D eigenvalue weighted by molar-refractivity contribution is -0.138. The van der Waals surface area contributed by atoms with E-state index in [4.69, 9.17) is 9.47 Å². The molecule has 1 saturated heterocycles. The van der Waals surface area contributed by atoms with Crippen LogP contribution in [-0.4, -0.2) is 31.4 Å². The zero-order valence-electron chi connectivity index (χ0n) is 14.8. The van der Waals surface area contributed by atoms with Gasteiger partial charge in [0.1, 0.15) is 13.2 Å². The van der Waals surface area contributed by atoms with Crippen molar-refractivity contribution in [2.24, 2.45) is 0 Å². The van der Waals surface area contributed by atoms with E-state index in [1.54, 1.807) is 24.3 Å². The molecule has 6 heteroatoms. The molecule has 1 aliphatic rings. The molecule has 3 aromatic carbocycles. The third-order valence-corrected chi connectivity index (χ3v) is 4.59. The second kappa shape index (κ2) is 7.15. The van der Waals surface area contributed by atoms with Crippen molar-refractivity contribution < 1.29 is 23.8 Å². The smallest absolute Gasteiger partial charge is 0.458 e. The molecule has 0 bridgehead atoms. The van der Waals surface area contributed by atoms with Gasteiger partial charge in [0.05, 0.1) is 5.57 Å². The standard InChI is InChI=1S/C22H16O6/c1-13(21(24)26-11-17-12-27-22(25)28-17)15-8-9-19-16(10-15)7-6-14-4-2-3-5-18(14)20(19)23/h2-10,17H,1,11-12H2. The fourth-order valence-electron chi connectivity index (χ4n) is 3.09. The second-order valence-electron chi connectivity index (χ2n) is 6.43. The summed E-state index contributed by atoms with van der Waals surface area (Å²) in [6, 6.07) is 16.2. The van der Waals surface area contributed by atoms with Crippen LogP contribution in [0.3, 0.4) is 0 Å². The Labute approximate surface area is 159 Å². The average molecular weight is 376 g/mol. The van der Waals surface area contributed by atoms with Crippen molar-refractivity contribution >= 4 is 39.2 Å². The average Bonchev–Trinajstić information content (AvgIpc) is 3.08. The molecule has 0 aromatic heterocycles. The number of ether oxygens (including phenoxy) is 3. The first kappa shape index (κ1) is 17.7. The summed E-state index contributed by atoms with van der Waals surface area (Å²) in [7, 11) is 0. The fraction of sp³-hybridized carbons (Fsp3) is 0.136. The van der Waals surface area contributed by atoms with Gasteiger partial charge in [-0.3, -0.25) is 4.79 Å². The molecular formula is C22H16O6. The quantitative estimate of drug-likeness (QED) is 0.513. The Morgan fingerprint density at radius 3 is 2.57 bits per heavy atom. The highest BCUT2D eigenvalue weighted by Crippen LogP contribution is 2.21. The summed E-state index contributed by atoms with van der Waals surface area (Å²) in [5, 5.41) is 2.74. The number of fused-ring (bicyclic) bond motifs is 2. The van der Waals surface area contributed by atoms with Crippen molar-refractivity contribution in [3.63, 3.8) is 0 Å². The lowest BCUT2D eigenvalue weighted by Gasteiger charge is -2.10. The summed E-state index contributed by atoms with van der Waals surface area (Å²) in [6.07, 6.45) is -1.39. The minimum Gasteiger partial charge on any atom is -0.458 e. The van der Waals surface area contributed by atoms with E-state index in [0.717, 1.165) is 5.39 Å². The van der Waals surface area contributed by atoms with E-state index in [0.29, 0.717) is 21.7 Å². The molecule has 28 heavy (non-hydrogen) atoms. The molecule has 6 nitrogen and oxygen atoms in total. The number of benzene rings is 2. The van der Waals surface area contributed by atoms with E-state index in [9.17, 15) is 14.4 Å². The molecule has 0 radical (unpaired) electrons. The van der Waals surface area contributed by atoms with Crippen molar-refractivity contribution in [3.05, 3.63) is 77.0 Å². The molecule has 1 atom stereocenters. The molecule has 4 rings (SSSR count). The van der Waals surface area contributed by atoms with Crippen LogP contribution >= 0.6 is 0 Å². The zero-order valence-corrected chi connectivity index (χ0v) is 14.8. The maximum Gasteiger partial charge on any atom is 0.508 e. The number of hydrogen-bond acceptors (Lipinski definition) is 6. The van der Waals surface area contributed by atoms with Crippen LogP contribution < -0.4 is 5.43 Å². The van der Waals surface area contributed by atoms with Gasteiger partial charge in [-0.15, -0.1) is 0 Å². The van der Waals surface area contributed by atoms with Gasteiger partial charge in [-0.05, 0) is 28.5 Å². The summed E-state index contributed by atoms with van der Waals surface area (Å²) in [6.45, 7) is 3.73. The predicted octanol–water partition coefficient (Wildman–Crippen LogP) is 3.45. The first-order valence-corrected chi connectivity index (χ1v) is 8.68. The normalized spacial score (nSPS) is 15.9. The number of carbonyl (C=O) groups excluding carboxylic acids is 2. The van der Waals surface area contributed by atoms with Crippen LogP contribution in [-0.2, 0) is 19.0 Å². The highest BCUT2D eigenvalue weighted by Gasteiger charge is 2.26. The Balaban J connectivity index is 1.61. The summed E-state index contributed by atoms with van der Waals surface area (Å²) in [5.74, 6) is -0.630. The number of rotatable bonds is 4. The van der Waals surface area contributed by atoms with E-state index in [1.165, 1.54) is 0 Å². The number of esters is 1. The summed E-state index contributed by atoms with van der Waals surface area (Å²) >= 11 is 0. The van der Waals surface area contributed by atoms with Crippen molar-refractivity contribution in [2.75, 3.05) is 13.2 Å². The third kappa shape index (κ3) is 3.32. The van der Waals surface area contributed by atoms with Gasteiger partial charge in [0, 0.05) is 10.8 Å². The van der Waals surface area contributed by atoms with Crippen LogP contribution in [0.25, 0.3) is 27.1 Å². The Hall–Kier alpha value is -3.67. The van der Waals surface area contributed by atoms with E-state index in [-0.39, 0.29) is 24.2 Å². The van der Waals surface area contributed by atoms with E-state index in [1.807, 2.05) is 30.3 Å². The van der Waals surface area contributed by atoms with Crippen molar-refractivity contribution in [3.8, 4) is 0 Å². The minimum absolute atomic E-state index is 0.0465. The third-order valence-electron chi connectivity index (χ3n) is 4.59. The van der Waals surface area contributed by atoms with Crippen molar-refractivity contribution in [1.29, 1.82) is 0 Å². The lowest BCUT2D eigenvalue weighted by atomic mass is 10.0. The van der Waals surface area contributed by atoms with Crippen LogP contribution in [0, 0.1) is 0 Å². The Morgan fingerprint density at radius 1 is 1.04 bits per heavy atom. The minimum atomic E-state index is -0.775. The van der Waals surface area contributed by atoms with Crippen molar-refractivity contribution in [2.45, 2.75) is 6.10 Å². The van der Waals surface area contributed by atoms with Gasteiger partial charge in [0.25, 0.3) is 0 Å². The van der Waals surface area contributed by atoms with Crippen LogP contribution in [0.2, 0.25) is 0 Å². The second-order valence-corrected chi connectivity index (χ2v) is 6.43. The largest absolute Gasteiger partial charge is 0.508 e. The Morgan fingerprint density at radius 2 is 1.79 bits per heavy atom. The van der Waals surface area contributed by atoms with Gasteiger partial charge < -0.3 is 14.2 Å². The highest BCUT2D eigenvalue weighted by atomic mass is 16.8. The molecule has 0 amide bonds. The van der Waals surface area contributed by atoms with Gasteiger partial charge in [-0.1, -0.05) is 49.0 Å². The molecule has 0 N–H and O–H groups in total. The maximum absolute atomic E-state index is 12.8. The highest BCUT2D eigenvalue weighted by molar-refractivity contribution is 6.16. The van der Waals surface area contributed by atoms with Gasteiger partial charge >= 0.3 is 12.1 Å². The molecule has 1 unspecified atom stereocenters. The van der Waals surface area contributed by atoms with Gasteiger partial charge in [-0.2, -0.15) is 0 Å². The molecule has 3 aromatic rings. The summed E-state index contributed by atoms with van der Waals surface area (Å²) in [5.41, 5.74) is 0.626. The van der Waals surface area contributed by atoms with E-state index >= 15 is 0 Å². The zero-order chi connectivity index (χ0) is 19.7. The van der Waals surface area contributed by atoms with E-state index in [2.05, 4.69) is 11.3 Å². The molecule has 140 valence electrons. The van der Waals surface area contributed by atoms with Crippen LogP contribution in [0.15, 0.2) is 66.0 Å². The topological polar surface area (TPSA) is 78.9 Å². The summed E-state index contributed by atoms with van der Waals surface area (Å²) < 4.78 is 14.6. The molecule has 1 fully saturated rings. The van der Waals surface area contributed by atoms with E-state index < -0.39 is 18.2 Å². The first-order valence-electron chi connectivity index (χ1n) is 8.68. The molecule has 0 saturated carbocycles. The van der Waals surface area contributed by atoms with Gasteiger partial charge in [-0.25, -0.2) is 9.59 Å². The SMILES string of the molecule is C=C(C(=O)OCC1COC(=O)O1)c1ccc2c(=O)c3ccccc3ccc2c1. The Kier molecular flexibility index (Phi) is 4.53.